The second-order valence-corrected chi connectivity index (χ2v) is 9.87. The third kappa shape index (κ3) is 3.60. The summed E-state index contributed by atoms with van der Waals surface area (Å²) >= 11 is 0. The van der Waals surface area contributed by atoms with Crippen LogP contribution in [-0.2, 0) is 27.5 Å². The SMILES string of the molecule is O=C([C@@H]1CCS(=O)(=O)C1)N1CCCN(C2Cc3ccccc3C2)CC1. The molecule has 5 nitrogen and oxygen atoms in total. The molecule has 4 rings (SSSR count). The van der Waals surface area contributed by atoms with E-state index in [1.165, 1.54) is 11.1 Å². The highest BCUT2D eigenvalue weighted by Crippen LogP contribution is 2.27. The molecule has 136 valence electrons. The van der Waals surface area contributed by atoms with Crippen LogP contribution in [-0.4, -0.2) is 67.9 Å². The maximum Gasteiger partial charge on any atom is 0.226 e. The van der Waals surface area contributed by atoms with Crippen molar-refractivity contribution in [2.45, 2.75) is 31.7 Å². The minimum atomic E-state index is -3.00. The standard InChI is InChI=1S/C19H26N2O3S/c22-19(17-6-11-25(23,24)14-17)21-8-3-7-20(9-10-21)18-12-15-4-1-2-5-16(15)13-18/h1-2,4-5,17-18H,3,6-14H2/t17-/m1/s1. The Hall–Kier alpha value is -1.40. The minimum absolute atomic E-state index is 0.0456. The average Bonchev–Trinajstić information content (AvgIpc) is 3.09. The van der Waals surface area contributed by atoms with E-state index >= 15 is 0 Å². The predicted octanol–water partition coefficient (Wildman–Crippen LogP) is 1.12. The summed E-state index contributed by atoms with van der Waals surface area (Å²) in [5, 5.41) is 0. The van der Waals surface area contributed by atoms with Crippen molar-refractivity contribution in [3.63, 3.8) is 0 Å². The van der Waals surface area contributed by atoms with Crippen molar-refractivity contribution < 1.29 is 13.2 Å². The normalized spacial score (nSPS) is 27.2. The number of amides is 1. The molecular weight excluding hydrogens is 336 g/mol. The molecule has 2 fully saturated rings. The van der Waals surface area contributed by atoms with Crippen molar-refractivity contribution in [3.8, 4) is 0 Å². The van der Waals surface area contributed by atoms with Crippen LogP contribution in [0.2, 0.25) is 0 Å². The summed E-state index contributed by atoms with van der Waals surface area (Å²) in [5.74, 6) is -0.0434. The monoisotopic (exact) mass is 362 g/mol. The zero-order valence-corrected chi connectivity index (χ0v) is 15.4. The second-order valence-electron chi connectivity index (χ2n) is 7.65. The Labute approximate surface area is 149 Å². The fourth-order valence-electron chi connectivity index (χ4n) is 4.56. The zero-order chi connectivity index (χ0) is 17.4. The smallest absolute Gasteiger partial charge is 0.226 e. The van der Waals surface area contributed by atoms with Gasteiger partial charge in [0.1, 0.15) is 0 Å². The molecule has 0 bridgehead atoms. The third-order valence-electron chi connectivity index (χ3n) is 5.97. The molecule has 0 saturated carbocycles. The Kier molecular flexibility index (Phi) is 4.58. The maximum atomic E-state index is 12.7. The summed E-state index contributed by atoms with van der Waals surface area (Å²) in [7, 11) is -3.00. The largest absolute Gasteiger partial charge is 0.341 e. The molecule has 1 aromatic rings. The van der Waals surface area contributed by atoms with E-state index in [4.69, 9.17) is 0 Å². The van der Waals surface area contributed by atoms with Gasteiger partial charge >= 0.3 is 0 Å². The van der Waals surface area contributed by atoms with E-state index in [9.17, 15) is 13.2 Å². The van der Waals surface area contributed by atoms with Crippen LogP contribution in [0.1, 0.15) is 24.0 Å². The van der Waals surface area contributed by atoms with Gasteiger partial charge in [-0.1, -0.05) is 24.3 Å². The number of hydrogen-bond donors (Lipinski definition) is 0. The number of carbonyl (C=O) groups excluding carboxylic acids is 1. The van der Waals surface area contributed by atoms with E-state index < -0.39 is 9.84 Å². The lowest BCUT2D eigenvalue weighted by molar-refractivity contribution is -0.134. The van der Waals surface area contributed by atoms with Gasteiger partial charge in [-0.05, 0) is 36.8 Å². The molecule has 0 aromatic heterocycles. The zero-order valence-electron chi connectivity index (χ0n) is 14.6. The number of benzene rings is 1. The summed E-state index contributed by atoms with van der Waals surface area (Å²) in [6.07, 6.45) is 3.67. The summed E-state index contributed by atoms with van der Waals surface area (Å²) < 4.78 is 23.3. The van der Waals surface area contributed by atoms with Crippen molar-refractivity contribution in [1.82, 2.24) is 9.80 Å². The van der Waals surface area contributed by atoms with Crippen LogP contribution >= 0.6 is 0 Å². The van der Waals surface area contributed by atoms with Crippen LogP contribution in [0.4, 0.5) is 0 Å². The van der Waals surface area contributed by atoms with E-state index in [0.29, 0.717) is 12.5 Å². The van der Waals surface area contributed by atoms with Crippen LogP contribution < -0.4 is 0 Å². The van der Waals surface area contributed by atoms with Gasteiger partial charge in [-0.3, -0.25) is 9.69 Å². The van der Waals surface area contributed by atoms with Gasteiger partial charge in [-0.2, -0.15) is 0 Å². The first-order valence-corrected chi connectivity index (χ1v) is 11.1. The van der Waals surface area contributed by atoms with Crippen LogP contribution in [0.25, 0.3) is 0 Å². The van der Waals surface area contributed by atoms with Gasteiger partial charge in [0, 0.05) is 32.2 Å². The lowest BCUT2D eigenvalue weighted by Gasteiger charge is -2.28. The van der Waals surface area contributed by atoms with Gasteiger partial charge in [-0.15, -0.1) is 0 Å². The summed E-state index contributed by atoms with van der Waals surface area (Å²) in [6, 6.07) is 9.21. The van der Waals surface area contributed by atoms with Crippen LogP contribution in [0.15, 0.2) is 24.3 Å². The van der Waals surface area contributed by atoms with Crippen molar-refractivity contribution in [1.29, 1.82) is 0 Å². The first-order chi connectivity index (χ1) is 12.0. The molecule has 1 atom stereocenters. The van der Waals surface area contributed by atoms with Crippen molar-refractivity contribution in [3.05, 3.63) is 35.4 Å². The van der Waals surface area contributed by atoms with Crippen molar-refractivity contribution >= 4 is 15.7 Å². The summed E-state index contributed by atoms with van der Waals surface area (Å²) in [5.41, 5.74) is 2.92. The molecule has 2 saturated heterocycles. The van der Waals surface area contributed by atoms with Crippen LogP contribution in [0.3, 0.4) is 0 Å². The first-order valence-electron chi connectivity index (χ1n) is 9.32. The van der Waals surface area contributed by atoms with Gasteiger partial charge in [0.25, 0.3) is 0 Å². The molecule has 0 N–H and O–H groups in total. The highest BCUT2D eigenvalue weighted by molar-refractivity contribution is 7.91. The molecular formula is C19H26N2O3S. The Morgan fingerprint density at radius 3 is 2.36 bits per heavy atom. The van der Waals surface area contributed by atoms with E-state index in [0.717, 1.165) is 45.4 Å². The predicted molar refractivity (Wildman–Crippen MR) is 97.2 cm³/mol. The topological polar surface area (TPSA) is 57.7 Å². The quantitative estimate of drug-likeness (QED) is 0.791. The van der Waals surface area contributed by atoms with Gasteiger partial charge in [0.2, 0.25) is 5.91 Å². The molecule has 0 unspecified atom stereocenters. The molecule has 2 aliphatic heterocycles. The molecule has 0 radical (unpaired) electrons. The highest BCUT2D eigenvalue weighted by Gasteiger charge is 2.36. The van der Waals surface area contributed by atoms with E-state index in [2.05, 4.69) is 29.2 Å². The van der Waals surface area contributed by atoms with Gasteiger partial charge in [-0.25, -0.2) is 8.42 Å². The highest BCUT2D eigenvalue weighted by atomic mass is 32.2. The first kappa shape index (κ1) is 17.0. The summed E-state index contributed by atoms with van der Waals surface area (Å²) in [4.78, 5) is 17.1. The van der Waals surface area contributed by atoms with Crippen molar-refractivity contribution in [2.24, 2.45) is 5.92 Å². The number of rotatable bonds is 2. The minimum Gasteiger partial charge on any atom is -0.341 e. The molecule has 2 heterocycles. The third-order valence-corrected chi connectivity index (χ3v) is 7.74. The molecule has 25 heavy (non-hydrogen) atoms. The molecule has 1 aliphatic carbocycles. The molecule has 3 aliphatic rings. The molecule has 0 spiro atoms. The fourth-order valence-corrected chi connectivity index (χ4v) is 6.30. The average molecular weight is 362 g/mol. The number of carbonyl (C=O) groups is 1. The maximum absolute atomic E-state index is 12.7. The summed E-state index contributed by atoms with van der Waals surface area (Å²) in [6.45, 7) is 3.39. The number of sulfone groups is 1. The van der Waals surface area contributed by atoms with Crippen LogP contribution in [0, 0.1) is 5.92 Å². The number of nitrogens with zero attached hydrogens (tertiary/aromatic N) is 2. The van der Waals surface area contributed by atoms with Gasteiger partial charge in [0.05, 0.1) is 17.4 Å². The Bertz CT molecular complexity index is 737. The van der Waals surface area contributed by atoms with Gasteiger partial charge < -0.3 is 4.90 Å². The fraction of sp³-hybridized carbons (Fsp3) is 0.632. The van der Waals surface area contributed by atoms with Gasteiger partial charge in [0.15, 0.2) is 9.84 Å². The Morgan fingerprint density at radius 1 is 1.00 bits per heavy atom. The lowest BCUT2D eigenvalue weighted by atomic mass is 10.1. The lowest BCUT2D eigenvalue weighted by Crippen LogP contribution is -2.41. The van der Waals surface area contributed by atoms with Crippen LogP contribution in [0.5, 0.6) is 0 Å². The van der Waals surface area contributed by atoms with Crippen molar-refractivity contribution in [2.75, 3.05) is 37.7 Å². The van der Waals surface area contributed by atoms with E-state index in [1.54, 1.807) is 0 Å². The second kappa shape index (κ2) is 6.72. The van der Waals surface area contributed by atoms with E-state index in [-0.39, 0.29) is 23.3 Å². The Morgan fingerprint density at radius 2 is 1.72 bits per heavy atom. The Balaban J connectivity index is 1.36. The number of hydrogen-bond acceptors (Lipinski definition) is 4. The molecule has 1 amide bonds. The number of fused-ring (bicyclic) bond motifs is 1. The molecule has 6 heteroatoms. The molecule has 1 aromatic carbocycles. The van der Waals surface area contributed by atoms with E-state index in [1.807, 2.05) is 4.90 Å².